The van der Waals surface area contributed by atoms with Gasteiger partial charge in [0.25, 0.3) is 5.91 Å². The summed E-state index contributed by atoms with van der Waals surface area (Å²) in [5.41, 5.74) is 2.66. The number of aromatic amines is 1. The standard InChI is InChI=1S/C21H19N5OS/c27-21(16-5-6-17-15(13-16)3-1-7-22-17)26-10-8-25(9-11-26)20-14-18(23-24-20)19-4-2-12-28-19/h1-7,12-14H,8-11H2,(H,23,24). The number of nitrogens with one attached hydrogen (secondary N) is 1. The molecule has 6 nitrogen and oxygen atoms in total. The molecule has 0 saturated carbocycles. The predicted molar refractivity (Wildman–Crippen MR) is 112 cm³/mol. The third kappa shape index (κ3) is 3.14. The molecule has 0 spiro atoms. The molecule has 0 bridgehead atoms. The monoisotopic (exact) mass is 389 g/mol. The van der Waals surface area contributed by atoms with E-state index in [9.17, 15) is 4.79 Å². The number of rotatable bonds is 3. The maximum atomic E-state index is 12.9. The predicted octanol–water partition coefficient (Wildman–Crippen LogP) is 3.65. The average molecular weight is 389 g/mol. The summed E-state index contributed by atoms with van der Waals surface area (Å²) in [4.78, 5) is 22.6. The minimum absolute atomic E-state index is 0.0757. The molecule has 0 aliphatic carbocycles. The van der Waals surface area contributed by atoms with E-state index in [0.29, 0.717) is 18.7 Å². The lowest BCUT2D eigenvalue weighted by atomic mass is 10.1. The first-order chi connectivity index (χ1) is 13.8. The van der Waals surface area contributed by atoms with Gasteiger partial charge in [-0.05, 0) is 35.7 Å². The SMILES string of the molecule is O=C(c1ccc2ncccc2c1)N1CCN(c2cc(-c3cccs3)[nH]n2)CC1. The number of carbonyl (C=O) groups excluding carboxylic acids is 1. The first-order valence-corrected chi connectivity index (χ1v) is 10.1. The van der Waals surface area contributed by atoms with Crippen LogP contribution in [0.5, 0.6) is 0 Å². The van der Waals surface area contributed by atoms with Crippen LogP contribution in [0.3, 0.4) is 0 Å². The van der Waals surface area contributed by atoms with Crippen molar-refractivity contribution in [3.8, 4) is 10.6 Å². The second-order valence-electron chi connectivity index (χ2n) is 6.81. The molecule has 0 atom stereocenters. The lowest BCUT2D eigenvalue weighted by Crippen LogP contribution is -2.48. The molecule has 7 heteroatoms. The van der Waals surface area contributed by atoms with E-state index < -0.39 is 0 Å². The molecule has 1 amide bonds. The zero-order valence-corrected chi connectivity index (χ0v) is 16.0. The van der Waals surface area contributed by atoms with E-state index in [0.717, 1.165) is 35.5 Å². The van der Waals surface area contributed by atoms with Crippen molar-refractivity contribution in [1.29, 1.82) is 0 Å². The van der Waals surface area contributed by atoms with Crippen LogP contribution in [-0.2, 0) is 0 Å². The van der Waals surface area contributed by atoms with Crippen molar-refractivity contribution in [1.82, 2.24) is 20.1 Å². The molecule has 0 unspecified atom stereocenters. The topological polar surface area (TPSA) is 65.1 Å². The van der Waals surface area contributed by atoms with Gasteiger partial charge in [0.15, 0.2) is 5.82 Å². The quantitative estimate of drug-likeness (QED) is 0.581. The van der Waals surface area contributed by atoms with Crippen LogP contribution in [0.25, 0.3) is 21.5 Å². The summed E-state index contributed by atoms with van der Waals surface area (Å²) in [5, 5.41) is 10.6. The number of thiophene rings is 1. The molecule has 1 saturated heterocycles. The summed E-state index contributed by atoms with van der Waals surface area (Å²) in [6, 6.07) is 15.8. The van der Waals surface area contributed by atoms with Gasteiger partial charge < -0.3 is 9.80 Å². The molecule has 0 radical (unpaired) electrons. The molecule has 4 heterocycles. The number of anilines is 1. The molecule has 1 aromatic carbocycles. The minimum atomic E-state index is 0.0757. The average Bonchev–Trinajstić information content (AvgIpc) is 3.45. The molecule has 1 aliphatic rings. The number of benzene rings is 1. The first kappa shape index (κ1) is 16.9. The first-order valence-electron chi connectivity index (χ1n) is 9.26. The van der Waals surface area contributed by atoms with E-state index in [2.05, 4.69) is 37.6 Å². The highest BCUT2D eigenvalue weighted by molar-refractivity contribution is 7.13. The van der Waals surface area contributed by atoms with Crippen LogP contribution >= 0.6 is 11.3 Å². The normalized spacial score (nSPS) is 14.6. The second-order valence-corrected chi connectivity index (χ2v) is 7.75. The van der Waals surface area contributed by atoms with E-state index in [1.54, 1.807) is 17.5 Å². The van der Waals surface area contributed by atoms with Crippen molar-refractivity contribution in [3.63, 3.8) is 0 Å². The Labute approximate surface area is 166 Å². The zero-order chi connectivity index (χ0) is 18.9. The number of nitrogens with zero attached hydrogens (tertiary/aromatic N) is 4. The molecule has 3 aromatic heterocycles. The number of pyridine rings is 1. The molecule has 140 valence electrons. The molecule has 4 aromatic rings. The summed E-state index contributed by atoms with van der Waals surface area (Å²) in [5.74, 6) is 1.01. The Bertz CT molecular complexity index is 1110. The third-order valence-electron chi connectivity index (χ3n) is 5.09. The Morgan fingerprint density at radius 3 is 2.75 bits per heavy atom. The van der Waals surface area contributed by atoms with Gasteiger partial charge in [-0.1, -0.05) is 12.1 Å². The summed E-state index contributed by atoms with van der Waals surface area (Å²) in [6.45, 7) is 2.92. The minimum Gasteiger partial charge on any atom is -0.352 e. The van der Waals surface area contributed by atoms with Crippen LogP contribution in [0.1, 0.15) is 10.4 Å². The van der Waals surface area contributed by atoms with Crippen LogP contribution in [0, 0.1) is 0 Å². The van der Waals surface area contributed by atoms with Gasteiger partial charge in [0, 0.05) is 49.4 Å². The molecule has 1 fully saturated rings. The molecule has 1 N–H and O–H groups in total. The number of piperazine rings is 1. The maximum Gasteiger partial charge on any atom is 0.253 e. The molecular formula is C21H19N5OS. The Balaban J connectivity index is 1.27. The fraction of sp³-hybridized carbons (Fsp3) is 0.190. The van der Waals surface area contributed by atoms with E-state index in [4.69, 9.17) is 0 Å². The van der Waals surface area contributed by atoms with Crippen molar-refractivity contribution in [2.75, 3.05) is 31.1 Å². The summed E-state index contributed by atoms with van der Waals surface area (Å²) in [6.07, 6.45) is 1.77. The fourth-order valence-corrected chi connectivity index (χ4v) is 4.25. The third-order valence-corrected chi connectivity index (χ3v) is 5.99. The van der Waals surface area contributed by atoms with Gasteiger partial charge in [-0.3, -0.25) is 14.9 Å². The van der Waals surface area contributed by atoms with E-state index in [1.165, 1.54) is 4.88 Å². The molecular weight excluding hydrogens is 370 g/mol. The van der Waals surface area contributed by atoms with E-state index in [1.807, 2.05) is 41.3 Å². The lowest BCUT2D eigenvalue weighted by Gasteiger charge is -2.34. The van der Waals surface area contributed by atoms with E-state index >= 15 is 0 Å². The molecule has 1 aliphatic heterocycles. The van der Waals surface area contributed by atoms with Crippen LogP contribution in [-0.4, -0.2) is 52.2 Å². The Morgan fingerprint density at radius 2 is 1.93 bits per heavy atom. The summed E-state index contributed by atoms with van der Waals surface area (Å²) < 4.78 is 0. The zero-order valence-electron chi connectivity index (χ0n) is 15.2. The Kier molecular flexibility index (Phi) is 4.29. The van der Waals surface area contributed by atoms with Gasteiger partial charge in [0.1, 0.15) is 0 Å². The number of carbonyl (C=O) groups is 1. The number of amides is 1. The molecule has 28 heavy (non-hydrogen) atoms. The van der Waals surface area contributed by atoms with Crippen LogP contribution < -0.4 is 4.90 Å². The highest BCUT2D eigenvalue weighted by atomic mass is 32.1. The number of hydrogen-bond donors (Lipinski definition) is 1. The van der Waals surface area contributed by atoms with Crippen molar-refractivity contribution in [3.05, 3.63) is 65.7 Å². The number of hydrogen-bond acceptors (Lipinski definition) is 5. The maximum absolute atomic E-state index is 12.9. The van der Waals surface area contributed by atoms with Crippen molar-refractivity contribution < 1.29 is 4.79 Å². The largest absolute Gasteiger partial charge is 0.352 e. The van der Waals surface area contributed by atoms with Crippen LogP contribution in [0.4, 0.5) is 5.82 Å². The van der Waals surface area contributed by atoms with Gasteiger partial charge in [0.05, 0.1) is 16.1 Å². The van der Waals surface area contributed by atoms with Gasteiger partial charge in [-0.15, -0.1) is 11.3 Å². The van der Waals surface area contributed by atoms with Gasteiger partial charge in [-0.25, -0.2) is 0 Å². The Hall–Kier alpha value is -3.19. The Morgan fingerprint density at radius 1 is 1.04 bits per heavy atom. The number of aromatic nitrogens is 3. The number of H-pyrrole nitrogens is 1. The van der Waals surface area contributed by atoms with Gasteiger partial charge in [0.2, 0.25) is 0 Å². The number of fused-ring (bicyclic) bond motifs is 1. The van der Waals surface area contributed by atoms with Crippen LogP contribution in [0.2, 0.25) is 0 Å². The highest BCUT2D eigenvalue weighted by Gasteiger charge is 2.23. The fourth-order valence-electron chi connectivity index (χ4n) is 3.56. The summed E-state index contributed by atoms with van der Waals surface area (Å²) in [7, 11) is 0. The van der Waals surface area contributed by atoms with Gasteiger partial charge >= 0.3 is 0 Å². The second kappa shape index (κ2) is 7.09. The van der Waals surface area contributed by atoms with E-state index in [-0.39, 0.29) is 5.91 Å². The lowest BCUT2D eigenvalue weighted by molar-refractivity contribution is 0.0746. The van der Waals surface area contributed by atoms with Crippen molar-refractivity contribution in [2.24, 2.45) is 0 Å². The summed E-state index contributed by atoms with van der Waals surface area (Å²) >= 11 is 1.69. The van der Waals surface area contributed by atoms with Crippen molar-refractivity contribution >= 4 is 34.0 Å². The van der Waals surface area contributed by atoms with Gasteiger partial charge in [-0.2, -0.15) is 5.10 Å². The molecule has 5 rings (SSSR count). The smallest absolute Gasteiger partial charge is 0.253 e. The highest BCUT2D eigenvalue weighted by Crippen LogP contribution is 2.26. The van der Waals surface area contributed by atoms with Crippen molar-refractivity contribution in [2.45, 2.75) is 0 Å². The van der Waals surface area contributed by atoms with Crippen LogP contribution in [0.15, 0.2) is 60.1 Å².